The number of benzene rings is 2. The summed E-state index contributed by atoms with van der Waals surface area (Å²) in [4.78, 5) is 0.175. The first-order valence-corrected chi connectivity index (χ1v) is 8.18. The number of sulfonamides is 1. The molecule has 0 bridgehead atoms. The standard InChI is InChI=1S/C16H16N2O3S/c1-3-13-10-15(8-9-16(13)21-2)22(19,20)18-14-6-4-12(11-17)5-7-14/h4-10,18H,3H2,1-2H3. The van der Waals surface area contributed by atoms with Gasteiger partial charge in [-0.1, -0.05) is 6.92 Å². The number of ether oxygens (including phenoxy) is 1. The lowest BCUT2D eigenvalue weighted by Crippen LogP contribution is -2.13. The van der Waals surface area contributed by atoms with Crippen LogP contribution >= 0.6 is 0 Å². The van der Waals surface area contributed by atoms with E-state index in [1.165, 1.54) is 6.07 Å². The summed E-state index contributed by atoms with van der Waals surface area (Å²) in [6.07, 6.45) is 0.670. The fourth-order valence-electron chi connectivity index (χ4n) is 2.03. The van der Waals surface area contributed by atoms with Crippen LogP contribution in [0.4, 0.5) is 5.69 Å². The average molecular weight is 316 g/mol. The van der Waals surface area contributed by atoms with Crippen molar-refractivity contribution < 1.29 is 13.2 Å². The van der Waals surface area contributed by atoms with Gasteiger partial charge in [0.1, 0.15) is 5.75 Å². The summed E-state index contributed by atoms with van der Waals surface area (Å²) < 4.78 is 32.5. The van der Waals surface area contributed by atoms with Gasteiger partial charge >= 0.3 is 0 Å². The Morgan fingerprint density at radius 3 is 2.41 bits per heavy atom. The van der Waals surface area contributed by atoms with Crippen LogP contribution in [0.1, 0.15) is 18.1 Å². The second kappa shape index (κ2) is 6.50. The molecule has 1 N–H and O–H groups in total. The van der Waals surface area contributed by atoms with Gasteiger partial charge in [-0.15, -0.1) is 0 Å². The maximum absolute atomic E-state index is 12.4. The number of hydrogen-bond acceptors (Lipinski definition) is 4. The van der Waals surface area contributed by atoms with E-state index in [2.05, 4.69) is 4.72 Å². The summed E-state index contributed by atoms with van der Waals surface area (Å²) in [6.45, 7) is 1.93. The van der Waals surface area contributed by atoms with Crippen molar-refractivity contribution in [2.24, 2.45) is 0 Å². The van der Waals surface area contributed by atoms with E-state index >= 15 is 0 Å². The van der Waals surface area contributed by atoms with E-state index in [1.807, 2.05) is 13.0 Å². The van der Waals surface area contributed by atoms with E-state index in [-0.39, 0.29) is 4.90 Å². The van der Waals surface area contributed by atoms with Crippen LogP contribution in [0.15, 0.2) is 47.4 Å². The van der Waals surface area contributed by atoms with Crippen LogP contribution in [0.25, 0.3) is 0 Å². The van der Waals surface area contributed by atoms with Crippen molar-refractivity contribution in [3.63, 3.8) is 0 Å². The summed E-state index contributed by atoms with van der Waals surface area (Å²) >= 11 is 0. The van der Waals surface area contributed by atoms with E-state index < -0.39 is 10.0 Å². The molecule has 2 aromatic rings. The van der Waals surface area contributed by atoms with Crippen molar-refractivity contribution >= 4 is 15.7 Å². The molecule has 0 saturated heterocycles. The van der Waals surface area contributed by atoms with Gasteiger partial charge in [-0.25, -0.2) is 8.42 Å². The van der Waals surface area contributed by atoms with Crippen molar-refractivity contribution in [1.82, 2.24) is 0 Å². The third kappa shape index (κ3) is 3.38. The highest BCUT2D eigenvalue weighted by molar-refractivity contribution is 7.92. The number of methoxy groups -OCH3 is 1. The van der Waals surface area contributed by atoms with Crippen LogP contribution in [0, 0.1) is 11.3 Å². The molecular weight excluding hydrogens is 300 g/mol. The molecule has 0 unspecified atom stereocenters. The van der Waals surface area contributed by atoms with E-state index in [0.29, 0.717) is 23.4 Å². The Bertz CT molecular complexity index is 806. The summed E-state index contributed by atoms with van der Waals surface area (Å²) in [6, 6.07) is 13.0. The number of aryl methyl sites for hydroxylation is 1. The number of nitrogens with one attached hydrogen (secondary N) is 1. The van der Waals surface area contributed by atoms with E-state index in [0.717, 1.165) is 5.56 Å². The maximum Gasteiger partial charge on any atom is 0.261 e. The summed E-state index contributed by atoms with van der Waals surface area (Å²) in [5.41, 5.74) is 1.71. The summed E-state index contributed by atoms with van der Waals surface area (Å²) in [5, 5.41) is 8.75. The van der Waals surface area contributed by atoms with Gasteiger partial charge in [0.2, 0.25) is 0 Å². The van der Waals surface area contributed by atoms with Gasteiger partial charge in [-0.3, -0.25) is 4.72 Å². The van der Waals surface area contributed by atoms with Gasteiger partial charge in [0.15, 0.2) is 0 Å². The van der Waals surface area contributed by atoms with Gasteiger partial charge < -0.3 is 4.74 Å². The van der Waals surface area contributed by atoms with E-state index in [1.54, 1.807) is 43.5 Å². The zero-order chi connectivity index (χ0) is 16.2. The largest absolute Gasteiger partial charge is 0.496 e. The lowest BCUT2D eigenvalue weighted by Gasteiger charge is -2.11. The van der Waals surface area contributed by atoms with Crippen molar-refractivity contribution in [1.29, 1.82) is 5.26 Å². The highest BCUT2D eigenvalue weighted by atomic mass is 32.2. The fourth-order valence-corrected chi connectivity index (χ4v) is 3.13. The number of anilines is 1. The average Bonchev–Trinajstić information content (AvgIpc) is 2.54. The Morgan fingerprint density at radius 2 is 1.86 bits per heavy atom. The third-order valence-corrected chi connectivity index (χ3v) is 4.59. The molecule has 5 nitrogen and oxygen atoms in total. The van der Waals surface area contributed by atoms with Crippen LogP contribution in [0.5, 0.6) is 5.75 Å². The van der Waals surface area contributed by atoms with Gasteiger partial charge in [0.25, 0.3) is 10.0 Å². The molecule has 2 aromatic carbocycles. The molecule has 0 saturated carbocycles. The first-order valence-electron chi connectivity index (χ1n) is 6.70. The lowest BCUT2D eigenvalue weighted by molar-refractivity contribution is 0.409. The molecule has 0 aliphatic carbocycles. The highest BCUT2D eigenvalue weighted by Gasteiger charge is 2.16. The minimum Gasteiger partial charge on any atom is -0.496 e. The molecule has 0 heterocycles. The van der Waals surface area contributed by atoms with Crippen molar-refractivity contribution in [2.45, 2.75) is 18.2 Å². The number of rotatable bonds is 5. The molecule has 0 aliphatic rings. The van der Waals surface area contributed by atoms with Crippen LogP contribution in [-0.4, -0.2) is 15.5 Å². The zero-order valence-electron chi connectivity index (χ0n) is 12.3. The van der Waals surface area contributed by atoms with E-state index in [9.17, 15) is 8.42 Å². The van der Waals surface area contributed by atoms with Gasteiger partial charge in [-0.2, -0.15) is 5.26 Å². The highest BCUT2D eigenvalue weighted by Crippen LogP contribution is 2.24. The quantitative estimate of drug-likeness (QED) is 0.920. The number of hydrogen-bond donors (Lipinski definition) is 1. The third-order valence-electron chi connectivity index (χ3n) is 3.21. The Morgan fingerprint density at radius 1 is 1.18 bits per heavy atom. The predicted octanol–water partition coefficient (Wildman–Crippen LogP) is 2.93. The smallest absolute Gasteiger partial charge is 0.261 e. The molecule has 0 amide bonds. The number of nitrogens with zero attached hydrogens (tertiary/aromatic N) is 1. The van der Waals surface area contributed by atoms with Gasteiger partial charge in [0, 0.05) is 5.69 Å². The topological polar surface area (TPSA) is 79.2 Å². The summed E-state index contributed by atoms with van der Waals surface area (Å²) in [5.74, 6) is 0.667. The maximum atomic E-state index is 12.4. The molecule has 0 aromatic heterocycles. The molecule has 22 heavy (non-hydrogen) atoms. The minimum absolute atomic E-state index is 0.175. The molecule has 0 aliphatic heterocycles. The second-order valence-corrected chi connectivity index (χ2v) is 6.30. The lowest BCUT2D eigenvalue weighted by atomic mass is 10.1. The predicted molar refractivity (Wildman–Crippen MR) is 84.3 cm³/mol. The fraction of sp³-hybridized carbons (Fsp3) is 0.188. The monoisotopic (exact) mass is 316 g/mol. The normalized spacial score (nSPS) is 10.8. The number of nitriles is 1. The van der Waals surface area contributed by atoms with Crippen LogP contribution in [-0.2, 0) is 16.4 Å². The van der Waals surface area contributed by atoms with Crippen LogP contribution in [0.2, 0.25) is 0 Å². The Hall–Kier alpha value is -2.52. The van der Waals surface area contributed by atoms with E-state index in [4.69, 9.17) is 10.00 Å². The SMILES string of the molecule is CCc1cc(S(=O)(=O)Nc2ccc(C#N)cc2)ccc1OC. The van der Waals surface area contributed by atoms with Crippen LogP contribution in [0.3, 0.4) is 0 Å². The first-order chi connectivity index (χ1) is 10.5. The minimum atomic E-state index is -3.68. The first kappa shape index (κ1) is 15.9. The van der Waals surface area contributed by atoms with Crippen molar-refractivity contribution in [3.8, 4) is 11.8 Å². The molecule has 114 valence electrons. The van der Waals surface area contributed by atoms with Gasteiger partial charge in [-0.05, 0) is 54.4 Å². The van der Waals surface area contributed by atoms with Crippen molar-refractivity contribution in [3.05, 3.63) is 53.6 Å². The second-order valence-electron chi connectivity index (χ2n) is 4.62. The molecule has 2 rings (SSSR count). The Balaban J connectivity index is 2.31. The van der Waals surface area contributed by atoms with Gasteiger partial charge in [0.05, 0.1) is 23.6 Å². The molecule has 0 atom stereocenters. The van der Waals surface area contributed by atoms with Crippen LogP contribution < -0.4 is 9.46 Å². The van der Waals surface area contributed by atoms with Crippen molar-refractivity contribution in [2.75, 3.05) is 11.8 Å². The molecule has 0 fully saturated rings. The Kier molecular flexibility index (Phi) is 4.68. The zero-order valence-corrected chi connectivity index (χ0v) is 13.1. The molecular formula is C16H16N2O3S. The Labute approximate surface area is 130 Å². The summed E-state index contributed by atoms with van der Waals surface area (Å²) in [7, 11) is -2.13. The molecule has 0 radical (unpaired) electrons. The molecule has 6 heteroatoms. The molecule has 0 spiro atoms.